The molecule has 0 saturated carbocycles. The molecule has 0 amide bonds. The van der Waals surface area contributed by atoms with Crippen molar-refractivity contribution >= 4 is 98.6 Å². The number of para-hydroxylation sites is 8. The Morgan fingerprint density at radius 2 is 0.520 bits per heavy atom. The summed E-state index contributed by atoms with van der Waals surface area (Å²) in [6, 6.07) is 61.2. The van der Waals surface area contributed by atoms with E-state index in [2.05, 4.69) is 15.8 Å². The second kappa shape index (κ2) is 24.0. The minimum atomic E-state index is -4.99. The summed E-state index contributed by atoms with van der Waals surface area (Å²) in [6.45, 7) is 31.0. The van der Waals surface area contributed by atoms with Gasteiger partial charge in [0.1, 0.15) is 17.2 Å². The van der Waals surface area contributed by atoms with Gasteiger partial charge in [-0.25, -0.2) is 9.69 Å². The Morgan fingerprint density at radius 1 is 0.304 bits per heavy atom. The van der Waals surface area contributed by atoms with Gasteiger partial charge in [-0.05, 0) is 146 Å². The number of benzene rings is 12. The molecule has 7 nitrogen and oxygen atoms in total. The molecule has 16 aromatic rings. The summed E-state index contributed by atoms with van der Waals surface area (Å²) in [4.78, 5) is 7.02. The van der Waals surface area contributed by atoms with Crippen molar-refractivity contribution in [3.05, 3.63) is 296 Å². The van der Waals surface area contributed by atoms with Crippen molar-refractivity contribution in [3.63, 3.8) is 0 Å². The second-order valence-corrected chi connectivity index (χ2v) is 26.1. The minimum Gasteiger partial charge on any atom is -0.308 e. The quantitative estimate of drug-likeness (QED) is 0.121. The Hall–Kier alpha value is -12.3. The van der Waals surface area contributed by atoms with Crippen LogP contribution in [-0.4, -0.2) is 18.3 Å². The maximum atomic E-state index is 16.2. The lowest BCUT2D eigenvalue weighted by molar-refractivity contribution is -0.138. The van der Waals surface area contributed by atoms with Crippen LogP contribution in [0.3, 0.4) is 0 Å². The Bertz CT molecular complexity index is 5890. The van der Waals surface area contributed by atoms with E-state index in [1.165, 1.54) is 30.3 Å². The van der Waals surface area contributed by atoms with Gasteiger partial charge in [0.25, 0.3) is 0 Å². The number of alkyl halides is 9. The van der Waals surface area contributed by atoms with Crippen molar-refractivity contribution < 1.29 is 39.5 Å². The minimum absolute atomic E-state index is 0.120. The van der Waals surface area contributed by atoms with Gasteiger partial charge in [-0.2, -0.15) is 44.8 Å². The molecule has 0 aliphatic heterocycles. The van der Waals surface area contributed by atoms with E-state index in [0.717, 1.165) is 84.1 Å². The third kappa shape index (κ3) is 10.1. The summed E-state index contributed by atoms with van der Waals surface area (Å²) in [6.07, 6.45) is -14.6. The lowest BCUT2D eigenvalue weighted by atomic mass is 9.93. The summed E-state index contributed by atoms with van der Waals surface area (Å²) in [5.41, 5.74) is 8.40. The van der Waals surface area contributed by atoms with Crippen molar-refractivity contribution in [2.24, 2.45) is 0 Å². The van der Waals surface area contributed by atoms with Crippen molar-refractivity contribution in [1.82, 2.24) is 18.3 Å². The monoisotopic (exact) mass is 1360 g/mol. The highest BCUT2D eigenvalue weighted by molar-refractivity contribution is 6.16. The maximum Gasteiger partial charge on any atom is 0.420 e. The fraction of sp³-hybridized carbons (Fsp3) is 0.128. The van der Waals surface area contributed by atoms with Crippen molar-refractivity contribution in [2.75, 3.05) is 0 Å². The van der Waals surface area contributed by atoms with E-state index in [4.69, 9.17) is 13.1 Å². The Balaban J connectivity index is 0.000000165. The van der Waals surface area contributed by atoms with E-state index < -0.39 is 40.8 Å². The molecule has 0 fully saturated rings. The highest BCUT2D eigenvalue weighted by Crippen LogP contribution is 2.52. The molecule has 102 heavy (non-hydrogen) atoms. The summed E-state index contributed by atoms with van der Waals surface area (Å²) in [7, 11) is 0. The van der Waals surface area contributed by atoms with Crippen LogP contribution in [0.25, 0.3) is 142 Å². The SMILES string of the molecule is [C-]#[N+]c1cccc(C(F)(F)F)c1-c1cc(-n2c3c(C)cccc3c3cccc(C)c32)c(C#N)c(-n2c3c(C)cccc3c3cccc(C)c32)c1.[C-]#[N+]c1cccc(C(F)(F)F)c1-c1cc(-n2c3c(C)cccc3c3cccc(C)c32)c(C(F)(F)F)c(-n2c3c(C)cccc3c3cccc(C)c32)c1. The van der Waals surface area contributed by atoms with Gasteiger partial charge in [-0.15, -0.1) is 0 Å². The number of hydrogen-bond donors (Lipinski definition) is 0. The van der Waals surface area contributed by atoms with Crippen molar-refractivity contribution in [1.29, 1.82) is 5.26 Å². The van der Waals surface area contributed by atoms with Crippen LogP contribution < -0.4 is 0 Å². The number of fused-ring (bicyclic) bond motifs is 12. The number of hydrogen-bond acceptors (Lipinski definition) is 1. The molecule has 0 bridgehead atoms. The largest absolute Gasteiger partial charge is 0.420 e. The molecular formula is C86H58F9N7. The number of nitriles is 1. The molecule has 0 aliphatic carbocycles. The molecule has 0 saturated heterocycles. The topological polar surface area (TPSA) is 52.2 Å². The summed E-state index contributed by atoms with van der Waals surface area (Å²) in [5.74, 6) is 0. The van der Waals surface area contributed by atoms with Gasteiger partial charge in [0.05, 0.1) is 91.2 Å². The molecule has 500 valence electrons. The first-order valence-corrected chi connectivity index (χ1v) is 32.8. The number of nitrogens with zero attached hydrogens (tertiary/aromatic N) is 7. The van der Waals surface area contributed by atoms with E-state index in [1.54, 1.807) is 73.2 Å². The van der Waals surface area contributed by atoms with Crippen molar-refractivity contribution in [3.8, 4) is 51.1 Å². The summed E-state index contributed by atoms with van der Waals surface area (Å²) < 4.78 is 145. The maximum absolute atomic E-state index is 16.2. The smallest absolute Gasteiger partial charge is 0.308 e. The van der Waals surface area contributed by atoms with Crippen LogP contribution in [0, 0.1) is 79.9 Å². The third-order valence-electron chi connectivity index (χ3n) is 19.9. The normalized spacial score (nSPS) is 12.1. The standard InChI is InChI=1S/C43H29F6N3.C43H29F3N4/c1-23-11-6-15-28-29-16-7-12-24(2)39(29)51(38(23)28)34-21-27(36-32(42(44,45)46)19-10-20-33(36)50-5)22-35(37(34)43(47,48)49)52-40-25(3)13-8-17-30(40)31-18-9-14-26(4)41(31)52;1-24-11-6-15-29-30-16-7-12-25(2)40(30)49(39(24)29)36-21-28(38-34(43(44,45)46)19-10-20-35(38)48-5)22-37(33(36)23-47)50-41-26(3)13-8-17-31(41)32-18-9-14-27(4)42(32)50/h6-22H,1-4H3;6-22H,1-4H3. The van der Waals surface area contributed by atoms with E-state index in [0.29, 0.717) is 82.8 Å². The molecular weight excluding hydrogens is 1300 g/mol. The Morgan fingerprint density at radius 3 is 0.725 bits per heavy atom. The zero-order chi connectivity index (χ0) is 71.9. The van der Waals surface area contributed by atoms with Crippen LogP contribution in [-0.2, 0) is 18.5 Å². The van der Waals surface area contributed by atoms with Crippen molar-refractivity contribution in [2.45, 2.75) is 73.9 Å². The van der Waals surface area contributed by atoms with E-state index in [-0.39, 0.29) is 39.4 Å². The number of aryl methyl sites for hydroxylation is 8. The van der Waals surface area contributed by atoms with E-state index in [1.807, 2.05) is 158 Å². The van der Waals surface area contributed by atoms with Crippen LogP contribution in [0.4, 0.5) is 50.9 Å². The zero-order valence-electron chi connectivity index (χ0n) is 56.2. The van der Waals surface area contributed by atoms with E-state index >= 15 is 13.2 Å². The molecule has 0 N–H and O–H groups in total. The lowest BCUT2D eigenvalue weighted by Gasteiger charge is -2.25. The van der Waals surface area contributed by atoms with Gasteiger partial charge >= 0.3 is 18.5 Å². The van der Waals surface area contributed by atoms with Gasteiger partial charge in [-0.1, -0.05) is 182 Å². The van der Waals surface area contributed by atoms with Crippen LogP contribution in [0.5, 0.6) is 0 Å². The van der Waals surface area contributed by atoms with Gasteiger partial charge in [0.2, 0.25) is 0 Å². The Kier molecular flexibility index (Phi) is 15.4. The van der Waals surface area contributed by atoms with Gasteiger partial charge < -0.3 is 18.3 Å². The van der Waals surface area contributed by atoms with E-state index in [9.17, 15) is 31.6 Å². The molecule has 0 radical (unpaired) electrons. The number of aromatic nitrogens is 4. The second-order valence-electron chi connectivity index (χ2n) is 26.1. The molecule has 16 rings (SSSR count). The molecule has 4 aromatic heterocycles. The molecule has 0 aliphatic rings. The molecule has 4 heterocycles. The predicted molar refractivity (Wildman–Crippen MR) is 391 cm³/mol. The fourth-order valence-electron chi connectivity index (χ4n) is 15.8. The summed E-state index contributed by atoms with van der Waals surface area (Å²) >= 11 is 0. The highest BCUT2D eigenvalue weighted by Gasteiger charge is 2.42. The number of rotatable bonds is 6. The predicted octanol–water partition coefficient (Wildman–Crippen LogP) is 25.6. The first-order valence-electron chi connectivity index (χ1n) is 32.8. The van der Waals surface area contributed by atoms with Crippen LogP contribution >= 0.6 is 0 Å². The lowest BCUT2D eigenvalue weighted by Crippen LogP contribution is -2.17. The average molecular weight is 1360 g/mol. The van der Waals surface area contributed by atoms with Crippen LogP contribution in [0.15, 0.2) is 206 Å². The molecule has 0 atom stereocenters. The van der Waals surface area contributed by atoms with Crippen LogP contribution in [0.2, 0.25) is 0 Å². The number of halogens is 9. The Labute approximate surface area is 579 Å². The fourth-order valence-corrected chi connectivity index (χ4v) is 15.8. The summed E-state index contributed by atoms with van der Waals surface area (Å²) in [5, 5.41) is 17.9. The average Bonchev–Trinajstić information content (AvgIpc) is 1.50. The zero-order valence-corrected chi connectivity index (χ0v) is 56.2. The first kappa shape index (κ1) is 65.6. The van der Waals surface area contributed by atoms with Gasteiger partial charge in [0.15, 0.2) is 11.4 Å². The van der Waals surface area contributed by atoms with Gasteiger partial charge in [-0.3, -0.25) is 0 Å². The highest BCUT2D eigenvalue weighted by atomic mass is 19.4. The van der Waals surface area contributed by atoms with Crippen LogP contribution in [0.1, 0.15) is 66.8 Å². The molecule has 16 heteroatoms. The molecule has 0 spiro atoms. The molecule has 12 aromatic carbocycles. The third-order valence-corrected chi connectivity index (χ3v) is 19.9. The van der Waals surface area contributed by atoms with Gasteiger partial charge in [0, 0.05) is 43.1 Å². The first-order chi connectivity index (χ1) is 48.8. The molecule has 0 unspecified atom stereocenters.